The highest BCUT2D eigenvalue weighted by Gasteiger charge is 2.10. The van der Waals surface area contributed by atoms with Crippen LogP contribution in [0.4, 0.5) is 5.95 Å². The molecule has 2 N–H and O–H groups in total. The lowest BCUT2D eigenvalue weighted by molar-refractivity contribution is 0.0949. The Hall–Kier alpha value is -2.67. The summed E-state index contributed by atoms with van der Waals surface area (Å²) in [4.78, 5) is 20.8. The molecule has 0 aliphatic carbocycles. The lowest BCUT2D eigenvalue weighted by Crippen LogP contribution is -2.27. The Morgan fingerprint density at radius 2 is 2.00 bits per heavy atom. The molecule has 1 aromatic heterocycles. The Morgan fingerprint density at radius 3 is 2.76 bits per heavy atom. The number of amides is 1. The Morgan fingerprint density at radius 1 is 1.16 bits per heavy atom. The van der Waals surface area contributed by atoms with Gasteiger partial charge in [0, 0.05) is 25.9 Å². The van der Waals surface area contributed by atoms with E-state index in [0.29, 0.717) is 37.8 Å². The van der Waals surface area contributed by atoms with Crippen LogP contribution < -0.4 is 15.4 Å². The van der Waals surface area contributed by atoms with Crippen molar-refractivity contribution >= 4 is 11.9 Å². The van der Waals surface area contributed by atoms with Gasteiger partial charge in [0.05, 0.1) is 13.7 Å². The number of ether oxygens (including phenoxy) is 2. The van der Waals surface area contributed by atoms with Crippen molar-refractivity contribution in [1.82, 2.24) is 15.3 Å². The third kappa shape index (κ3) is 6.04. The normalized spacial score (nSPS) is 10.4. The highest BCUT2D eigenvalue weighted by Crippen LogP contribution is 2.12. The summed E-state index contributed by atoms with van der Waals surface area (Å²) in [6.45, 7) is 3.47. The standard InChI is InChI=1S/C18H24N4O3/c1-13-11-16(22-18(21-13)20-9-10-24-2)17(23)19-8-7-14-5-4-6-15(12-14)25-3/h4-6,11-12H,7-10H2,1-3H3,(H,19,23)(H,20,21,22). The molecule has 0 spiro atoms. The van der Waals surface area contributed by atoms with Crippen molar-refractivity contribution in [3.8, 4) is 5.75 Å². The maximum atomic E-state index is 12.3. The number of aromatic nitrogens is 2. The Balaban J connectivity index is 1.91. The van der Waals surface area contributed by atoms with Gasteiger partial charge < -0.3 is 20.1 Å². The summed E-state index contributed by atoms with van der Waals surface area (Å²) in [7, 11) is 3.26. The van der Waals surface area contributed by atoms with Gasteiger partial charge in [0.25, 0.3) is 5.91 Å². The van der Waals surface area contributed by atoms with Crippen molar-refractivity contribution in [2.45, 2.75) is 13.3 Å². The average molecular weight is 344 g/mol. The van der Waals surface area contributed by atoms with Crippen LogP contribution in [0.2, 0.25) is 0 Å². The number of nitrogens with zero attached hydrogens (tertiary/aromatic N) is 2. The Bertz CT molecular complexity index is 706. The minimum Gasteiger partial charge on any atom is -0.497 e. The molecule has 0 aliphatic rings. The van der Waals surface area contributed by atoms with Crippen molar-refractivity contribution in [3.63, 3.8) is 0 Å². The third-order valence-corrected chi connectivity index (χ3v) is 3.51. The monoisotopic (exact) mass is 344 g/mol. The second-order valence-electron chi connectivity index (χ2n) is 5.50. The molecule has 2 aromatic rings. The van der Waals surface area contributed by atoms with Crippen LogP contribution in [0.25, 0.3) is 0 Å². The fourth-order valence-corrected chi connectivity index (χ4v) is 2.27. The molecule has 7 nitrogen and oxygen atoms in total. The summed E-state index contributed by atoms with van der Waals surface area (Å²) in [5.41, 5.74) is 2.17. The molecule has 0 atom stereocenters. The third-order valence-electron chi connectivity index (χ3n) is 3.51. The van der Waals surface area contributed by atoms with Gasteiger partial charge in [-0.1, -0.05) is 12.1 Å². The molecule has 0 aliphatic heterocycles. The first kappa shape index (κ1) is 18.7. The van der Waals surface area contributed by atoms with Crippen LogP contribution in [0.3, 0.4) is 0 Å². The highest BCUT2D eigenvalue weighted by molar-refractivity contribution is 5.92. The van der Waals surface area contributed by atoms with Crippen LogP contribution in [0.15, 0.2) is 30.3 Å². The van der Waals surface area contributed by atoms with Gasteiger partial charge >= 0.3 is 0 Å². The van der Waals surface area contributed by atoms with Crippen LogP contribution >= 0.6 is 0 Å². The molecule has 1 heterocycles. The van der Waals surface area contributed by atoms with Crippen LogP contribution in [-0.4, -0.2) is 49.8 Å². The van der Waals surface area contributed by atoms with E-state index in [2.05, 4.69) is 20.6 Å². The maximum absolute atomic E-state index is 12.3. The van der Waals surface area contributed by atoms with Crippen molar-refractivity contribution < 1.29 is 14.3 Å². The summed E-state index contributed by atoms with van der Waals surface area (Å²) in [6.07, 6.45) is 0.714. The average Bonchev–Trinajstić information content (AvgIpc) is 2.61. The molecule has 2 rings (SSSR count). The first-order valence-corrected chi connectivity index (χ1v) is 8.12. The van der Waals surface area contributed by atoms with E-state index in [4.69, 9.17) is 9.47 Å². The van der Waals surface area contributed by atoms with Crippen molar-refractivity contribution in [1.29, 1.82) is 0 Å². The zero-order valence-electron chi connectivity index (χ0n) is 14.8. The van der Waals surface area contributed by atoms with Crippen molar-refractivity contribution in [3.05, 3.63) is 47.3 Å². The van der Waals surface area contributed by atoms with E-state index in [-0.39, 0.29) is 5.91 Å². The summed E-state index contributed by atoms with van der Waals surface area (Å²) < 4.78 is 10.2. The highest BCUT2D eigenvalue weighted by atomic mass is 16.5. The van der Waals surface area contributed by atoms with E-state index in [1.54, 1.807) is 20.3 Å². The second-order valence-corrected chi connectivity index (χ2v) is 5.50. The van der Waals surface area contributed by atoms with E-state index >= 15 is 0 Å². The first-order valence-electron chi connectivity index (χ1n) is 8.12. The van der Waals surface area contributed by atoms with E-state index in [1.165, 1.54) is 0 Å². The smallest absolute Gasteiger partial charge is 0.270 e. The van der Waals surface area contributed by atoms with Gasteiger partial charge in [-0.2, -0.15) is 0 Å². The fraction of sp³-hybridized carbons (Fsp3) is 0.389. The van der Waals surface area contributed by atoms with Crippen molar-refractivity contribution in [2.24, 2.45) is 0 Å². The van der Waals surface area contributed by atoms with Gasteiger partial charge in [0.15, 0.2) is 0 Å². The zero-order valence-corrected chi connectivity index (χ0v) is 14.8. The van der Waals surface area contributed by atoms with E-state index < -0.39 is 0 Å². The molecular weight excluding hydrogens is 320 g/mol. The number of aryl methyl sites for hydroxylation is 1. The topological polar surface area (TPSA) is 85.4 Å². The molecule has 0 saturated heterocycles. The summed E-state index contributed by atoms with van der Waals surface area (Å²) >= 11 is 0. The maximum Gasteiger partial charge on any atom is 0.270 e. The molecule has 0 saturated carbocycles. The number of rotatable bonds is 9. The summed E-state index contributed by atoms with van der Waals surface area (Å²) in [6, 6.07) is 9.45. The molecule has 1 amide bonds. The molecule has 134 valence electrons. The zero-order chi connectivity index (χ0) is 18.1. The van der Waals surface area contributed by atoms with Gasteiger partial charge in [-0.25, -0.2) is 9.97 Å². The van der Waals surface area contributed by atoms with E-state index in [0.717, 1.165) is 17.0 Å². The fourth-order valence-electron chi connectivity index (χ4n) is 2.27. The lowest BCUT2D eigenvalue weighted by Gasteiger charge is -2.09. The Labute approximate surface area is 147 Å². The number of benzene rings is 1. The minimum atomic E-state index is -0.219. The molecule has 1 aromatic carbocycles. The number of hydrogen-bond acceptors (Lipinski definition) is 6. The summed E-state index contributed by atoms with van der Waals surface area (Å²) in [5, 5.41) is 5.92. The lowest BCUT2D eigenvalue weighted by atomic mass is 10.1. The van der Waals surface area contributed by atoms with E-state index in [9.17, 15) is 4.79 Å². The van der Waals surface area contributed by atoms with Gasteiger partial charge in [-0.3, -0.25) is 4.79 Å². The number of carbonyl (C=O) groups is 1. The number of carbonyl (C=O) groups excluding carboxylic acids is 1. The second kappa shape index (κ2) is 9.58. The number of methoxy groups -OCH3 is 2. The number of nitrogens with one attached hydrogen (secondary N) is 2. The van der Waals surface area contributed by atoms with Crippen molar-refractivity contribution in [2.75, 3.05) is 39.2 Å². The molecule has 0 radical (unpaired) electrons. The molecular formula is C18H24N4O3. The van der Waals surface area contributed by atoms with Crippen LogP contribution in [0.1, 0.15) is 21.7 Å². The Kier molecular flexibility index (Phi) is 7.16. The largest absolute Gasteiger partial charge is 0.497 e. The minimum absolute atomic E-state index is 0.219. The van der Waals surface area contributed by atoms with Crippen LogP contribution in [0, 0.1) is 6.92 Å². The van der Waals surface area contributed by atoms with Gasteiger partial charge in [-0.15, -0.1) is 0 Å². The van der Waals surface area contributed by atoms with Gasteiger partial charge in [-0.05, 0) is 37.1 Å². The molecule has 7 heteroatoms. The van der Waals surface area contributed by atoms with Crippen LogP contribution in [-0.2, 0) is 11.2 Å². The number of hydrogen-bond donors (Lipinski definition) is 2. The quantitative estimate of drug-likeness (QED) is 0.675. The first-order chi connectivity index (χ1) is 12.1. The number of anilines is 1. The molecule has 25 heavy (non-hydrogen) atoms. The molecule has 0 unspecified atom stereocenters. The van der Waals surface area contributed by atoms with Gasteiger partial charge in [0.2, 0.25) is 5.95 Å². The summed E-state index contributed by atoms with van der Waals surface area (Å²) in [5.74, 6) is 1.01. The van der Waals surface area contributed by atoms with Crippen LogP contribution in [0.5, 0.6) is 5.75 Å². The molecule has 0 fully saturated rings. The van der Waals surface area contributed by atoms with Gasteiger partial charge in [0.1, 0.15) is 11.4 Å². The predicted molar refractivity (Wildman–Crippen MR) is 96.2 cm³/mol. The SMILES string of the molecule is COCCNc1nc(C)cc(C(=O)NCCc2cccc(OC)c2)n1. The molecule has 0 bridgehead atoms. The predicted octanol–water partition coefficient (Wildman–Crippen LogP) is 1.82. The van der Waals surface area contributed by atoms with E-state index in [1.807, 2.05) is 31.2 Å².